The Kier molecular flexibility index (Phi) is 7.92. The van der Waals surface area contributed by atoms with Gasteiger partial charge in [-0.2, -0.15) is 0 Å². The number of nitrogens with zero attached hydrogens (tertiary/aromatic N) is 1. The standard InChI is InChI=1S/C12H15F4NO.C7H8N2O/c1-11(2,3)17-7-8-5-4-6-9(10(8)13)18-12(14,15)16;1-5-4-6(7(8)10)2-3-9-5/h4-6,17H,7H2,1-3H3;2-4H,1H3,(H2,8,10). The zero-order chi connectivity index (χ0) is 21.5. The number of aryl methyl sites for hydroxylation is 1. The van der Waals surface area contributed by atoms with Gasteiger partial charge in [0.1, 0.15) is 0 Å². The molecule has 0 spiro atoms. The predicted molar refractivity (Wildman–Crippen MR) is 97.2 cm³/mol. The predicted octanol–water partition coefficient (Wildman–Crippen LogP) is 4.10. The third kappa shape index (κ3) is 8.81. The second kappa shape index (κ2) is 9.50. The van der Waals surface area contributed by atoms with Gasteiger partial charge in [0.2, 0.25) is 5.91 Å². The Labute approximate surface area is 160 Å². The van der Waals surface area contributed by atoms with Crippen LogP contribution in [0.4, 0.5) is 17.6 Å². The SMILES string of the molecule is CC(C)(C)NCc1cccc(OC(F)(F)F)c1F.Cc1cc(C(N)=O)ccn1. The maximum absolute atomic E-state index is 13.7. The molecule has 1 amide bonds. The van der Waals surface area contributed by atoms with Gasteiger partial charge in [-0.15, -0.1) is 13.2 Å². The number of aromatic nitrogens is 1. The van der Waals surface area contributed by atoms with E-state index in [1.54, 1.807) is 18.3 Å². The molecular formula is C19H23F4N3O2. The second-order valence-corrected chi connectivity index (χ2v) is 6.93. The Balaban J connectivity index is 0.000000330. The number of carbonyl (C=O) groups is 1. The summed E-state index contributed by atoms with van der Waals surface area (Å²) in [5, 5.41) is 2.99. The first kappa shape index (κ1) is 23.4. The second-order valence-electron chi connectivity index (χ2n) is 6.93. The van der Waals surface area contributed by atoms with E-state index in [4.69, 9.17) is 5.73 Å². The van der Waals surface area contributed by atoms with Crippen molar-refractivity contribution in [3.63, 3.8) is 0 Å². The van der Waals surface area contributed by atoms with Crippen LogP contribution in [0.2, 0.25) is 0 Å². The van der Waals surface area contributed by atoms with Gasteiger partial charge in [-0.1, -0.05) is 12.1 Å². The lowest BCUT2D eigenvalue weighted by molar-refractivity contribution is -0.275. The van der Waals surface area contributed by atoms with Crippen molar-refractivity contribution in [1.29, 1.82) is 0 Å². The molecule has 9 heteroatoms. The van der Waals surface area contributed by atoms with Crippen LogP contribution in [0, 0.1) is 12.7 Å². The van der Waals surface area contributed by atoms with Crippen LogP contribution in [0.3, 0.4) is 0 Å². The van der Waals surface area contributed by atoms with Gasteiger partial charge in [0.15, 0.2) is 11.6 Å². The number of hydrogen-bond donors (Lipinski definition) is 2. The van der Waals surface area contributed by atoms with Crippen molar-refractivity contribution in [2.75, 3.05) is 0 Å². The summed E-state index contributed by atoms with van der Waals surface area (Å²) in [6.07, 6.45) is -3.33. The number of primary amides is 1. The molecule has 154 valence electrons. The van der Waals surface area contributed by atoms with E-state index in [-0.39, 0.29) is 17.6 Å². The summed E-state index contributed by atoms with van der Waals surface area (Å²) in [6, 6.07) is 6.93. The van der Waals surface area contributed by atoms with E-state index in [9.17, 15) is 22.4 Å². The highest BCUT2D eigenvalue weighted by Gasteiger charge is 2.32. The molecular weight excluding hydrogens is 378 g/mol. The molecule has 3 N–H and O–H groups in total. The first-order valence-corrected chi connectivity index (χ1v) is 8.29. The molecule has 1 heterocycles. The quantitative estimate of drug-likeness (QED) is 0.757. The van der Waals surface area contributed by atoms with E-state index in [2.05, 4.69) is 15.0 Å². The lowest BCUT2D eigenvalue weighted by Crippen LogP contribution is -2.35. The number of benzene rings is 1. The summed E-state index contributed by atoms with van der Waals surface area (Å²) in [5.74, 6) is -2.22. The average molecular weight is 401 g/mol. The smallest absolute Gasteiger partial charge is 0.403 e. The fourth-order valence-corrected chi connectivity index (χ4v) is 1.96. The highest BCUT2D eigenvalue weighted by atomic mass is 19.4. The molecule has 2 rings (SSSR count). The molecule has 0 aliphatic heterocycles. The number of halogens is 4. The third-order valence-electron chi connectivity index (χ3n) is 3.26. The summed E-state index contributed by atoms with van der Waals surface area (Å²) in [5.41, 5.74) is 6.20. The number of ether oxygens (including phenoxy) is 1. The van der Waals surface area contributed by atoms with E-state index in [1.807, 2.05) is 27.7 Å². The highest BCUT2D eigenvalue weighted by molar-refractivity contribution is 5.92. The van der Waals surface area contributed by atoms with Gasteiger partial charge in [0.25, 0.3) is 0 Å². The zero-order valence-corrected chi connectivity index (χ0v) is 16.0. The summed E-state index contributed by atoms with van der Waals surface area (Å²) >= 11 is 0. The molecule has 1 aromatic carbocycles. The minimum absolute atomic E-state index is 0.129. The van der Waals surface area contributed by atoms with Gasteiger partial charge >= 0.3 is 6.36 Å². The average Bonchev–Trinajstić information content (AvgIpc) is 2.54. The van der Waals surface area contributed by atoms with Crippen molar-refractivity contribution in [2.24, 2.45) is 5.73 Å². The Morgan fingerprint density at radius 3 is 2.32 bits per heavy atom. The molecule has 0 aliphatic rings. The summed E-state index contributed by atoms with van der Waals surface area (Å²) in [6.45, 7) is 7.57. The topological polar surface area (TPSA) is 77.2 Å². The molecule has 0 saturated heterocycles. The van der Waals surface area contributed by atoms with Crippen molar-refractivity contribution in [3.8, 4) is 5.75 Å². The maximum atomic E-state index is 13.7. The number of pyridine rings is 1. The first-order valence-electron chi connectivity index (χ1n) is 8.29. The van der Waals surface area contributed by atoms with E-state index < -0.39 is 23.8 Å². The number of alkyl halides is 3. The van der Waals surface area contributed by atoms with Gasteiger partial charge in [0.05, 0.1) is 0 Å². The fourth-order valence-electron chi connectivity index (χ4n) is 1.96. The Morgan fingerprint density at radius 1 is 1.21 bits per heavy atom. The van der Waals surface area contributed by atoms with E-state index in [1.165, 1.54) is 12.1 Å². The molecule has 2 aromatic rings. The molecule has 28 heavy (non-hydrogen) atoms. The lowest BCUT2D eigenvalue weighted by atomic mass is 10.1. The molecule has 0 unspecified atom stereocenters. The van der Waals surface area contributed by atoms with Crippen LogP contribution in [0.25, 0.3) is 0 Å². The number of rotatable bonds is 4. The van der Waals surface area contributed by atoms with Crippen LogP contribution in [-0.2, 0) is 6.54 Å². The van der Waals surface area contributed by atoms with E-state index >= 15 is 0 Å². The fraction of sp³-hybridized carbons (Fsp3) is 0.368. The normalized spacial score (nSPS) is 11.4. The van der Waals surface area contributed by atoms with Gasteiger partial charge in [-0.25, -0.2) is 4.39 Å². The first-order chi connectivity index (χ1) is 12.8. The largest absolute Gasteiger partial charge is 0.573 e. The van der Waals surface area contributed by atoms with Crippen molar-refractivity contribution < 1.29 is 27.1 Å². The van der Waals surface area contributed by atoms with E-state index in [0.717, 1.165) is 11.8 Å². The molecule has 0 bridgehead atoms. The van der Waals surface area contributed by atoms with Crippen LogP contribution in [0.1, 0.15) is 42.4 Å². The molecule has 0 radical (unpaired) electrons. The molecule has 0 atom stereocenters. The van der Waals surface area contributed by atoms with E-state index in [0.29, 0.717) is 5.56 Å². The van der Waals surface area contributed by atoms with Crippen LogP contribution in [-0.4, -0.2) is 22.8 Å². The summed E-state index contributed by atoms with van der Waals surface area (Å²) in [7, 11) is 0. The van der Waals surface area contributed by atoms with Crippen molar-refractivity contribution >= 4 is 5.91 Å². The van der Waals surface area contributed by atoms with Crippen LogP contribution in [0.5, 0.6) is 5.75 Å². The lowest BCUT2D eigenvalue weighted by Gasteiger charge is -2.21. The van der Waals surface area contributed by atoms with Crippen molar-refractivity contribution in [2.45, 2.75) is 46.1 Å². The highest BCUT2D eigenvalue weighted by Crippen LogP contribution is 2.27. The summed E-state index contributed by atoms with van der Waals surface area (Å²) in [4.78, 5) is 14.5. The maximum Gasteiger partial charge on any atom is 0.573 e. The Bertz CT molecular complexity index is 802. The summed E-state index contributed by atoms with van der Waals surface area (Å²) < 4.78 is 53.4. The van der Waals surface area contributed by atoms with Crippen LogP contribution < -0.4 is 15.8 Å². The number of amides is 1. The number of hydrogen-bond acceptors (Lipinski definition) is 4. The number of nitrogens with two attached hydrogens (primary N) is 1. The van der Waals surface area contributed by atoms with Gasteiger partial charge < -0.3 is 15.8 Å². The number of carbonyl (C=O) groups excluding carboxylic acids is 1. The van der Waals surface area contributed by atoms with Gasteiger partial charge in [0, 0.05) is 35.1 Å². The van der Waals surface area contributed by atoms with Crippen LogP contribution in [0.15, 0.2) is 36.5 Å². The van der Waals surface area contributed by atoms with Crippen molar-refractivity contribution in [3.05, 3.63) is 59.2 Å². The minimum atomic E-state index is -4.89. The number of nitrogens with one attached hydrogen (secondary N) is 1. The molecule has 5 nitrogen and oxygen atoms in total. The van der Waals surface area contributed by atoms with Gasteiger partial charge in [-0.3, -0.25) is 9.78 Å². The molecule has 0 saturated carbocycles. The zero-order valence-electron chi connectivity index (χ0n) is 16.0. The Morgan fingerprint density at radius 2 is 1.86 bits per heavy atom. The minimum Gasteiger partial charge on any atom is -0.403 e. The Hall–Kier alpha value is -2.68. The third-order valence-corrected chi connectivity index (χ3v) is 3.26. The monoisotopic (exact) mass is 401 g/mol. The van der Waals surface area contributed by atoms with Gasteiger partial charge in [-0.05, 0) is 45.9 Å². The molecule has 0 aliphatic carbocycles. The molecule has 1 aromatic heterocycles. The van der Waals surface area contributed by atoms with Crippen molar-refractivity contribution in [1.82, 2.24) is 10.3 Å². The molecule has 0 fully saturated rings. The van der Waals surface area contributed by atoms with Crippen LogP contribution >= 0.6 is 0 Å².